The zero-order valence-corrected chi connectivity index (χ0v) is 12.3. The lowest BCUT2D eigenvalue weighted by atomic mass is 9.93. The van der Waals surface area contributed by atoms with E-state index in [4.69, 9.17) is 0 Å². The molecule has 3 aliphatic carbocycles. The van der Waals surface area contributed by atoms with Crippen LogP contribution in [0.4, 0.5) is 0 Å². The smallest absolute Gasteiger partial charge is 0.00106 e. The second-order valence-corrected chi connectivity index (χ2v) is 6.15. The van der Waals surface area contributed by atoms with E-state index in [1.54, 1.807) is 0 Å². The zero-order valence-electron chi connectivity index (χ0n) is 12.3. The highest BCUT2D eigenvalue weighted by Crippen LogP contribution is 2.35. The van der Waals surface area contributed by atoms with E-state index < -0.39 is 0 Å². The van der Waals surface area contributed by atoms with Gasteiger partial charge >= 0.3 is 0 Å². The molecule has 2 bridgehead atoms. The number of fused-ring (bicyclic) bond motifs is 3. The molecule has 0 spiro atoms. The standard InChI is InChI=1S/C22H16/c1-2-11-18-17-10-3-7-15-8-4-12-19(21(15)14-17)20-13-5-9-16(6-1)22(18)20/h1-10,12-13H,11,14H2. The number of hydrogen-bond acceptors (Lipinski definition) is 0. The van der Waals surface area contributed by atoms with Gasteiger partial charge < -0.3 is 0 Å². The van der Waals surface area contributed by atoms with Gasteiger partial charge in [0, 0.05) is 0 Å². The molecule has 0 radical (unpaired) electrons. The summed E-state index contributed by atoms with van der Waals surface area (Å²) >= 11 is 0. The lowest BCUT2D eigenvalue weighted by molar-refractivity contribution is 1.19. The van der Waals surface area contributed by atoms with Crippen molar-refractivity contribution in [3.05, 3.63) is 87.8 Å². The van der Waals surface area contributed by atoms with Crippen molar-refractivity contribution in [2.24, 2.45) is 0 Å². The van der Waals surface area contributed by atoms with E-state index in [0.29, 0.717) is 0 Å². The highest BCUT2D eigenvalue weighted by Gasteiger charge is 2.21. The Morgan fingerprint density at radius 3 is 2.73 bits per heavy atom. The zero-order chi connectivity index (χ0) is 14.5. The van der Waals surface area contributed by atoms with Crippen LogP contribution in [0.25, 0.3) is 28.9 Å². The van der Waals surface area contributed by atoms with E-state index in [1.807, 2.05) is 0 Å². The maximum absolute atomic E-state index is 2.31. The molecule has 0 aromatic heterocycles. The predicted octanol–water partition coefficient (Wildman–Crippen LogP) is 3.75. The highest BCUT2D eigenvalue weighted by atomic mass is 14.2. The molecule has 0 N–H and O–H groups in total. The summed E-state index contributed by atoms with van der Waals surface area (Å²) in [5.41, 5.74) is 8.58. The first-order valence-electron chi connectivity index (χ1n) is 7.91. The van der Waals surface area contributed by atoms with Crippen LogP contribution in [0.2, 0.25) is 0 Å². The molecule has 2 aromatic rings. The Balaban J connectivity index is 2.06. The van der Waals surface area contributed by atoms with Crippen molar-refractivity contribution in [2.45, 2.75) is 12.8 Å². The summed E-state index contributed by atoms with van der Waals surface area (Å²) in [6, 6.07) is 13.4. The second-order valence-electron chi connectivity index (χ2n) is 6.15. The first-order chi connectivity index (χ1) is 10.9. The maximum atomic E-state index is 2.31. The average Bonchev–Trinajstić information content (AvgIpc) is 2.94. The van der Waals surface area contributed by atoms with Gasteiger partial charge in [-0.3, -0.25) is 0 Å². The molecule has 0 nitrogen and oxygen atoms in total. The lowest BCUT2D eigenvalue weighted by Gasteiger charge is -2.11. The molecular weight excluding hydrogens is 264 g/mol. The maximum Gasteiger partial charge on any atom is -0.00106 e. The van der Waals surface area contributed by atoms with Crippen LogP contribution >= 0.6 is 0 Å². The Morgan fingerprint density at radius 2 is 1.73 bits per heavy atom. The van der Waals surface area contributed by atoms with E-state index in [9.17, 15) is 0 Å². The first-order valence-corrected chi connectivity index (χ1v) is 7.91. The van der Waals surface area contributed by atoms with Crippen molar-refractivity contribution >= 4 is 17.7 Å². The van der Waals surface area contributed by atoms with Gasteiger partial charge in [0.05, 0.1) is 0 Å². The molecule has 0 saturated heterocycles. The summed E-state index contributed by atoms with van der Waals surface area (Å²) in [7, 11) is 0. The summed E-state index contributed by atoms with van der Waals surface area (Å²) in [6.45, 7) is 0. The monoisotopic (exact) mass is 280 g/mol. The Morgan fingerprint density at radius 1 is 0.818 bits per heavy atom. The summed E-state index contributed by atoms with van der Waals surface area (Å²) in [4.78, 5) is 0. The quantitative estimate of drug-likeness (QED) is 0.689. The van der Waals surface area contributed by atoms with E-state index in [1.165, 1.54) is 43.8 Å². The molecule has 22 heavy (non-hydrogen) atoms. The minimum Gasteiger partial charge on any atom is -0.0801 e. The highest BCUT2D eigenvalue weighted by molar-refractivity contribution is 5.84. The first kappa shape index (κ1) is 12.0. The van der Waals surface area contributed by atoms with Gasteiger partial charge in [0.1, 0.15) is 0 Å². The third kappa shape index (κ3) is 1.58. The molecule has 5 rings (SSSR count). The molecular formula is C22H16. The molecule has 0 saturated carbocycles. The van der Waals surface area contributed by atoms with Crippen molar-refractivity contribution in [1.29, 1.82) is 0 Å². The minimum absolute atomic E-state index is 1.02. The topological polar surface area (TPSA) is 0 Å². The molecule has 104 valence electrons. The average molecular weight is 280 g/mol. The van der Waals surface area contributed by atoms with Gasteiger partial charge in [-0.25, -0.2) is 0 Å². The van der Waals surface area contributed by atoms with Crippen molar-refractivity contribution in [3.8, 4) is 11.1 Å². The van der Waals surface area contributed by atoms with Crippen LogP contribution in [0.5, 0.6) is 0 Å². The van der Waals surface area contributed by atoms with Crippen molar-refractivity contribution in [3.63, 3.8) is 0 Å². The van der Waals surface area contributed by atoms with E-state index in [2.05, 4.69) is 72.9 Å². The van der Waals surface area contributed by atoms with Crippen LogP contribution < -0.4 is 10.4 Å². The molecule has 0 aliphatic heterocycles. The van der Waals surface area contributed by atoms with Gasteiger partial charge in [-0.05, 0) is 56.7 Å². The van der Waals surface area contributed by atoms with Crippen LogP contribution in [0.15, 0.2) is 66.3 Å². The Hall–Kier alpha value is -2.60. The van der Waals surface area contributed by atoms with E-state index in [-0.39, 0.29) is 0 Å². The lowest BCUT2D eigenvalue weighted by Crippen LogP contribution is -2.28. The Bertz CT molecular complexity index is 1010. The largest absolute Gasteiger partial charge is 0.0801 e. The van der Waals surface area contributed by atoms with Crippen LogP contribution in [-0.2, 0) is 6.42 Å². The summed E-state index contributed by atoms with van der Waals surface area (Å²) in [6.07, 6.45) is 15.6. The van der Waals surface area contributed by atoms with Gasteiger partial charge in [0.2, 0.25) is 0 Å². The Labute approximate surface area is 130 Å². The molecule has 3 aliphatic rings. The third-order valence-electron chi connectivity index (χ3n) is 4.96. The van der Waals surface area contributed by atoms with Crippen LogP contribution in [0.1, 0.15) is 17.5 Å². The van der Waals surface area contributed by atoms with Crippen LogP contribution in [-0.4, -0.2) is 0 Å². The summed E-state index contributed by atoms with van der Waals surface area (Å²) in [5.74, 6) is 0. The van der Waals surface area contributed by atoms with Gasteiger partial charge in [-0.1, -0.05) is 72.9 Å². The van der Waals surface area contributed by atoms with E-state index in [0.717, 1.165) is 12.8 Å². The fraction of sp³-hybridized carbons (Fsp3) is 0.0909. The molecule has 0 fully saturated rings. The molecule has 0 amide bonds. The van der Waals surface area contributed by atoms with Gasteiger partial charge in [-0.15, -0.1) is 0 Å². The second kappa shape index (κ2) is 4.45. The fourth-order valence-electron chi connectivity index (χ4n) is 3.96. The van der Waals surface area contributed by atoms with Gasteiger partial charge in [-0.2, -0.15) is 0 Å². The summed E-state index contributed by atoms with van der Waals surface area (Å²) < 4.78 is 0. The van der Waals surface area contributed by atoms with Crippen molar-refractivity contribution in [1.82, 2.24) is 0 Å². The molecule has 0 heteroatoms. The SMILES string of the molecule is C1=CCC2=c3c(cccc3=C1)-c1cccc3c1CC2=CC=C3. The normalized spacial score (nSPS) is 16.9. The minimum atomic E-state index is 1.02. The third-order valence-corrected chi connectivity index (χ3v) is 4.96. The number of hydrogen-bond donors (Lipinski definition) is 0. The Kier molecular flexibility index (Phi) is 2.42. The number of benzene rings is 2. The molecule has 0 heterocycles. The number of rotatable bonds is 0. The van der Waals surface area contributed by atoms with Gasteiger partial charge in [0.25, 0.3) is 0 Å². The van der Waals surface area contributed by atoms with Gasteiger partial charge in [0.15, 0.2) is 0 Å². The van der Waals surface area contributed by atoms with Crippen molar-refractivity contribution in [2.75, 3.05) is 0 Å². The van der Waals surface area contributed by atoms with E-state index >= 15 is 0 Å². The van der Waals surface area contributed by atoms with Crippen LogP contribution in [0.3, 0.4) is 0 Å². The molecule has 2 aromatic carbocycles. The summed E-state index contributed by atoms with van der Waals surface area (Å²) in [5, 5.41) is 2.78. The number of allylic oxidation sites excluding steroid dienone is 5. The fourth-order valence-corrected chi connectivity index (χ4v) is 3.96. The molecule has 0 atom stereocenters. The van der Waals surface area contributed by atoms with Crippen LogP contribution in [0, 0.1) is 0 Å². The molecule has 0 unspecified atom stereocenters. The van der Waals surface area contributed by atoms with Crippen molar-refractivity contribution < 1.29 is 0 Å². The predicted molar refractivity (Wildman–Crippen MR) is 93.6 cm³/mol.